The number of amides is 2. The molecule has 5 heteroatoms. The molecule has 0 spiro atoms. The van der Waals surface area contributed by atoms with E-state index < -0.39 is 6.10 Å². The van der Waals surface area contributed by atoms with E-state index in [0.29, 0.717) is 18.7 Å². The van der Waals surface area contributed by atoms with Crippen molar-refractivity contribution < 1.29 is 14.3 Å². The average molecular weight is 288 g/mol. The molecule has 0 radical (unpaired) electrons. The monoisotopic (exact) mass is 288 g/mol. The highest BCUT2D eigenvalue weighted by Crippen LogP contribution is 2.15. The number of halogens is 1. The van der Waals surface area contributed by atoms with E-state index >= 15 is 0 Å². The minimum Gasteiger partial charge on any atom is -0.388 e. The van der Waals surface area contributed by atoms with Gasteiger partial charge in [-0.2, -0.15) is 0 Å². The van der Waals surface area contributed by atoms with Crippen LogP contribution in [-0.4, -0.2) is 17.7 Å². The van der Waals surface area contributed by atoms with Crippen LogP contribution in [0, 0.1) is 5.82 Å². The van der Waals surface area contributed by atoms with Crippen molar-refractivity contribution in [3.63, 3.8) is 0 Å². The van der Waals surface area contributed by atoms with E-state index in [0.717, 1.165) is 5.56 Å². The molecule has 2 rings (SSSR count). The highest BCUT2D eigenvalue weighted by Gasteiger charge is 2.07. The third-order valence-electron chi connectivity index (χ3n) is 2.99. The van der Waals surface area contributed by atoms with Gasteiger partial charge in [0.05, 0.1) is 6.10 Å². The summed E-state index contributed by atoms with van der Waals surface area (Å²) in [5, 5.41) is 15.2. The molecule has 0 bridgehead atoms. The normalized spacial score (nSPS) is 11.7. The molecule has 2 aromatic carbocycles. The molecule has 0 saturated heterocycles. The van der Waals surface area contributed by atoms with Crippen LogP contribution in [-0.2, 0) is 0 Å². The predicted molar refractivity (Wildman–Crippen MR) is 79.4 cm³/mol. The Bertz CT molecular complexity index is 573. The number of anilines is 1. The van der Waals surface area contributed by atoms with Gasteiger partial charge in [0.2, 0.25) is 0 Å². The smallest absolute Gasteiger partial charge is 0.319 e. The lowest BCUT2D eigenvalue weighted by molar-refractivity contribution is 0.167. The molecule has 1 unspecified atom stereocenters. The number of hydrogen-bond acceptors (Lipinski definition) is 2. The summed E-state index contributed by atoms with van der Waals surface area (Å²) in [7, 11) is 0. The van der Waals surface area contributed by atoms with Gasteiger partial charge in [0.15, 0.2) is 0 Å². The van der Waals surface area contributed by atoms with Crippen LogP contribution in [0.1, 0.15) is 18.1 Å². The topological polar surface area (TPSA) is 61.4 Å². The van der Waals surface area contributed by atoms with Crippen LogP contribution in [0.5, 0.6) is 0 Å². The molecule has 0 aromatic heterocycles. The lowest BCUT2D eigenvalue weighted by Crippen LogP contribution is -2.30. The van der Waals surface area contributed by atoms with Crippen LogP contribution in [0.2, 0.25) is 0 Å². The summed E-state index contributed by atoms with van der Waals surface area (Å²) in [6.07, 6.45) is -0.196. The second-order valence-electron chi connectivity index (χ2n) is 4.60. The third kappa shape index (κ3) is 4.89. The number of carbonyl (C=O) groups excluding carboxylic acids is 1. The zero-order valence-corrected chi connectivity index (χ0v) is 11.4. The Labute approximate surface area is 122 Å². The Morgan fingerprint density at radius 1 is 1.10 bits per heavy atom. The van der Waals surface area contributed by atoms with Gasteiger partial charge in [0.1, 0.15) is 5.82 Å². The quantitative estimate of drug-likeness (QED) is 0.792. The van der Waals surface area contributed by atoms with E-state index in [9.17, 15) is 14.3 Å². The van der Waals surface area contributed by atoms with Gasteiger partial charge in [-0.15, -0.1) is 0 Å². The Morgan fingerprint density at radius 2 is 1.76 bits per heavy atom. The molecule has 3 N–H and O–H groups in total. The lowest BCUT2D eigenvalue weighted by atomic mass is 10.1. The van der Waals surface area contributed by atoms with Gasteiger partial charge >= 0.3 is 6.03 Å². The molecule has 0 aliphatic rings. The fourth-order valence-electron chi connectivity index (χ4n) is 1.87. The zero-order chi connectivity index (χ0) is 15.1. The molecule has 110 valence electrons. The maximum atomic E-state index is 12.7. The molecule has 0 fully saturated rings. The molecule has 1 atom stereocenters. The number of benzene rings is 2. The first kappa shape index (κ1) is 15.0. The maximum Gasteiger partial charge on any atom is 0.319 e. The summed E-state index contributed by atoms with van der Waals surface area (Å²) < 4.78 is 12.7. The SMILES string of the molecule is O=C(NCCC(O)c1ccccc1)Nc1ccc(F)cc1. The highest BCUT2D eigenvalue weighted by molar-refractivity contribution is 5.89. The van der Waals surface area contributed by atoms with E-state index in [1.165, 1.54) is 24.3 Å². The number of nitrogens with one attached hydrogen (secondary N) is 2. The number of rotatable bonds is 5. The molecule has 0 aliphatic heterocycles. The van der Waals surface area contributed by atoms with Gasteiger partial charge in [-0.05, 0) is 36.2 Å². The van der Waals surface area contributed by atoms with Gasteiger partial charge in [-0.3, -0.25) is 0 Å². The summed E-state index contributed by atoms with van der Waals surface area (Å²) in [6.45, 7) is 0.336. The average Bonchev–Trinajstić information content (AvgIpc) is 2.50. The summed E-state index contributed by atoms with van der Waals surface area (Å²) in [4.78, 5) is 11.6. The summed E-state index contributed by atoms with van der Waals surface area (Å²) >= 11 is 0. The van der Waals surface area contributed by atoms with E-state index in [1.807, 2.05) is 30.3 Å². The largest absolute Gasteiger partial charge is 0.388 e. The van der Waals surface area contributed by atoms with Gasteiger partial charge in [0.25, 0.3) is 0 Å². The van der Waals surface area contributed by atoms with Gasteiger partial charge < -0.3 is 15.7 Å². The molecule has 0 aliphatic carbocycles. The Morgan fingerprint density at radius 3 is 2.43 bits per heavy atom. The second-order valence-corrected chi connectivity index (χ2v) is 4.60. The molecule has 2 amide bonds. The fourth-order valence-corrected chi connectivity index (χ4v) is 1.87. The van der Waals surface area contributed by atoms with Gasteiger partial charge in [-0.25, -0.2) is 9.18 Å². The number of aliphatic hydroxyl groups excluding tert-OH is 1. The van der Waals surface area contributed by atoms with E-state index in [4.69, 9.17) is 0 Å². The van der Waals surface area contributed by atoms with Crippen molar-refractivity contribution in [1.29, 1.82) is 0 Å². The van der Waals surface area contributed by atoms with Crippen molar-refractivity contribution in [2.75, 3.05) is 11.9 Å². The number of carbonyl (C=O) groups is 1. The summed E-state index contributed by atoms with van der Waals surface area (Å²) in [5.41, 5.74) is 1.33. The van der Waals surface area contributed by atoms with Crippen LogP contribution in [0.3, 0.4) is 0 Å². The van der Waals surface area contributed by atoms with E-state index in [1.54, 1.807) is 0 Å². The first-order valence-corrected chi connectivity index (χ1v) is 6.68. The van der Waals surface area contributed by atoms with Crippen molar-refractivity contribution >= 4 is 11.7 Å². The van der Waals surface area contributed by atoms with E-state index in [-0.39, 0.29) is 11.8 Å². The molecule has 0 saturated carbocycles. The first-order chi connectivity index (χ1) is 10.1. The maximum absolute atomic E-state index is 12.7. The minimum atomic E-state index is -0.614. The number of hydrogen-bond donors (Lipinski definition) is 3. The van der Waals surface area contributed by atoms with Crippen molar-refractivity contribution in [2.24, 2.45) is 0 Å². The number of urea groups is 1. The van der Waals surface area contributed by atoms with Crippen molar-refractivity contribution in [3.8, 4) is 0 Å². The minimum absolute atomic E-state index is 0.336. The van der Waals surface area contributed by atoms with Crippen LogP contribution in [0.25, 0.3) is 0 Å². The van der Waals surface area contributed by atoms with Gasteiger partial charge in [0, 0.05) is 12.2 Å². The standard InChI is InChI=1S/C16H17FN2O2/c17-13-6-8-14(9-7-13)19-16(21)18-11-10-15(20)12-4-2-1-3-5-12/h1-9,15,20H,10-11H2,(H2,18,19,21). The predicted octanol–water partition coefficient (Wildman–Crippen LogP) is 3.07. The molecular formula is C16H17FN2O2. The molecule has 4 nitrogen and oxygen atoms in total. The van der Waals surface area contributed by atoms with Crippen LogP contribution in [0.4, 0.5) is 14.9 Å². The summed E-state index contributed by atoms with van der Waals surface area (Å²) in [5.74, 6) is -0.355. The first-order valence-electron chi connectivity index (χ1n) is 6.68. The van der Waals surface area contributed by atoms with Crippen LogP contribution < -0.4 is 10.6 Å². The van der Waals surface area contributed by atoms with Gasteiger partial charge in [-0.1, -0.05) is 30.3 Å². The van der Waals surface area contributed by atoms with Crippen molar-refractivity contribution in [1.82, 2.24) is 5.32 Å². The molecule has 2 aromatic rings. The van der Waals surface area contributed by atoms with E-state index in [2.05, 4.69) is 10.6 Å². The zero-order valence-electron chi connectivity index (χ0n) is 11.4. The second kappa shape index (κ2) is 7.40. The Balaban J connectivity index is 1.73. The summed E-state index contributed by atoms with van der Waals surface area (Å²) in [6, 6.07) is 14.4. The Hall–Kier alpha value is -2.40. The Kier molecular flexibility index (Phi) is 5.29. The van der Waals surface area contributed by atoms with Crippen molar-refractivity contribution in [2.45, 2.75) is 12.5 Å². The third-order valence-corrected chi connectivity index (χ3v) is 2.99. The van der Waals surface area contributed by atoms with Crippen LogP contribution >= 0.6 is 0 Å². The molecular weight excluding hydrogens is 271 g/mol. The van der Waals surface area contributed by atoms with Crippen molar-refractivity contribution in [3.05, 3.63) is 66.0 Å². The highest BCUT2D eigenvalue weighted by atomic mass is 19.1. The molecule has 0 heterocycles. The number of aliphatic hydroxyl groups is 1. The lowest BCUT2D eigenvalue weighted by Gasteiger charge is -2.12. The molecule has 21 heavy (non-hydrogen) atoms. The fraction of sp³-hybridized carbons (Fsp3) is 0.188. The van der Waals surface area contributed by atoms with Crippen LogP contribution in [0.15, 0.2) is 54.6 Å².